The van der Waals surface area contributed by atoms with Crippen molar-refractivity contribution in [3.8, 4) is 5.75 Å². The van der Waals surface area contributed by atoms with Crippen molar-refractivity contribution in [3.05, 3.63) is 23.8 Å². The Hall–Kier alpha value is -1.16. The Morgan fingerprint density at radius 1 is 1.50 bits per heavy atom. The molecule has 0 saturated heterocycles. The van der Waals surface area contributed by atoms with Crippen molar-refractivity contribution < 1.29 is 15.0 Å². The van der Waals surface area contributed by atoms with E-state index in [9.17, 15) is 9.90 Å². The van der Waals surface area contributed by atoms with Gasteiger partial charge in [-0.25, -0.2) is 0 Å². The van der Waals surface area contributed by atoms with Gasteiger partial charge in [-0.3, -0.25) is 4.79 Å². The van der Waals surface area contributed by atoms with E-state index >= 15 is 0 Å². The van der Waals surface area contributed by atoms with Gasteiger partial charge in [-0.2, -0.15) is 0 Å². The topological polar surface area (TPSA) is 57.5 Å². The second-order valence-electron chi connectivity index (χ2n) is 3.05. The number of carboxylic acids is 1. The third kappa shape index (κ3) is 2.67. The maximum Gasteiger partial charge on any atom is 0.316 e. The van der Waals surface area contributed by atoms with Crippen molar-refractivity contribution in [1.82, 2.24) is 0 Å². The van der Waals surface area contributed by atoms with Crippen molar-refractivity contribution >= 4 is 17.7 Å². The summed E-state index contributed by atoms with van der Waals surface area (Å²) in [5.41, 5.74) is 0.757. The van der Waals surface area contributed by atoms with Crippen LogP contribution in [0.5, 0.6) is 5.75 Å². The van der Waals surface area contributed by atoms with Crippen molar-refractivity contribution in [2.75, 3.05) is 0 Å². The fourth-order valence-electron chi connectivity index (χ4n) is 0.956. The molecule has 2 N–H and O–H groups in total. The molecule has 0 aliphatic carbocycles. The molecule has 1 aromatic carbocycles. The zero-order valence-corrected chi connectivity index (χ0v) is 8.84. The number of carboxylic acid groups (broad SMARTS) is 1. The third-order valence-corrected chi connectivity index (χ3v) is 2.91. The van der Waals surface area contributed by atoms with Crippen LogP contribution in [0.15, 0.2) is 23.1 Å². The largest absolute Gasteiger partial charge is 0.508 e. The van der Waals surface area contributed by atoms with E-state index in [0.29, 0.717) is 0 Å². The van der Waals surface area contributed by atoms with Crippen molar-refractivity contribution in [2.45, 2.75) is 24.0 Å². The minimum Gasteiger partial charge on any atom is -0.508 e. The van der Waals surface area contributed by atoms with E-state index < -0.39 is 11.2 Å². The lowest BCUT2D eigenvalue weighted by Crippen LogP contribution is -2.10. The molecule has 1 atom stereocenters. The molecule has 1 rings (SSSR count). The molecular formula is C10H12O3S. The number of hydrogen-bond donors (Lipinski definition) is 2. The standard InChI is InChI=1S/C10H12O3S/c1-6-5-8(3-4-9(6)11)14-7(2)10(12)13/h3-5,7,11H,1-2H3,(H,12,13). The maximum absolute atomic E-state index is 10.6. The van der Waals surface area contributed by atoms with Gasteiger partial charge in [0.15, 0.2) is 0 Å². The quantitative estimate of drug-likeness (QED) is 0.754. The highest BCUT2D eigenvalue weighted by Crippen LogP contribution is 2.27. The number of thioether (sulfide) groups is 1. The minimum absolute atomic E-state index is 0.234. The number of aryl methyl sites for hydroxylation is 1. The molecule has 1 unspecified atom stereocenters. The second kappa shape index (κ2) is 4.37. The Balaban J connectivity index is 2.78. The van der Waals surface area contributed by atoms with Gasteiger partial charge in [0.05, 0.1) is 0 Å². The van der Waals surface area contributed by atoms with Crippen LogP contribution in [0.25, 0.3) is 0 Å². The fraction of sp³-hybridized carbons (Fsp3) is 0.300. The zero-order chi connectivity index (χ0) is 10.7. The number of phenols is 1. The molecule has 76 valence electrons. The van der Waals surface area contributed by atoms with Crippen LogP contribution in [0.2, 0.25) is 0 Å². The molecule has 0 aromatic heterocycles. The predicted molar refractivity (Wildman–Crippen MR) is 55.8 cm³/mol. The first kappa shape index (κ1) is 10.9. The van der Waals surface area contributed by atoms with E-state index in [1.807, 2.05) is 0 Å². The molecule has 0 fully saturated rings. The van der Waals surface area contributed by atoms with Gasteiger partial charge >= 0.3 is 5.97 Å². The molecule has 14 heavy (non-hydrogen) atoms. The summed E-state index contributed by atoms with van der Waals surface area (Å²) >= 11 is 1.26. The van der Waals surface area contributed by atoms with Crippen LogP contribution in [0.1, 0.15) is 12.5 Å². The second-order valence-corrected chi connectivity index (χ2v) is 4.46. The number of benzene rings is 1. The smallest absolute Gasteiger partial charge is 0.316 e. The van der Waals surface area contributed by atoms with Crippen molar-refractivity contribution in [2.24, 2.45) is 0 Å². The summed E-state index contributed by atoms with van der Waals surface area (Å²) in [6.07, 6.45) is 0. The molecule has 1 aromatic rings. The van der Waals surface area contributed by atoms with Crippen LogP contribution in [0, 0.1) is 6.92 Å². The molecule has 0 amide bonds. The lowest BCUT2D eigenvalue weighted by atomic mass is 10.2. The average molecular weight is 212 g/mol. The number of aliphatic carboxylic acids is 1. The number of rotatable bonds is 3. The van der Waals surface area contributed by atoms with Crippen molar-refractivity contribution in [3.63, 3.8) is 0 Å². The highest BCUT2D eigenvalue weighted by atomic mass is 32.2. The minimum atomic E-state index is -0.833. The summed E-state index contributed by atoms with van der Waals surface area (Å²) in [6, 6.07) is 5.07. The normalized spacial score (nSPS) is 12.4. The van der Waals surface area contributed by atoms with Crippen LogP contribution in [0.4, 0.5) is 0 Å². The van der Waals surface area contributed by atoms with Gasteiger partial charge in [-0.05, 0) is 37.6 Å². The van der Waals surface area contributed by atoms with Crippen LogP contribution in [-0.2, 0) is 4.79 Å². The van der Waals surface area contributed by atoms with Crippen LogP contribution >= 0.6 is 11.8 Å². The molecule has 4 heteroatoms. The summed E-state index contributed by atoms with van der Waals surface area (Å²) in [7, 11) is 0. The highest BCUT2D eigenvalue weighted by Gasteiger charge is 2.12. The lowest BCUT2D eigenvalue weighted by Gasteiger charge is -2.07. The molecule has 0 bridgehead atoms. The van der Waals surface area contributed by atoms with E-state index in [1.165, 1.54) is 11.8 Å². The summed E-state index contributed by atoms with van der Waals surface area (Å²) in [5.74, 6) is -0.599. The fourth-order valence-corrected chi connectivity index (χ4v) is 1.86. The highest BCUT2D eigenvalue weighted by molar-refractivity contribution is 8.00. The summed E-state index contributed by atoms with van der Waals surface area (Å²) in [4.78, 5) is 11.4. The molecule has 0 radical (unpaired) electrons. The van der Waals surface area contributed by atoms with E-state index in [0.717, 1.165) is 10.5 Å². The van der Waals surface area contributed by atoms with Gasteiger partial charge in [0.25, 0.3) is 0 Å². The molecular weight excluding hydrogens is 200 g/mol. The molecule has 0 aliphatic rings. The first-order chi connectivity index (χ1) is 6.50. The number of hydrogen-bond acceptors (Lipinski definition) is 3. The zero-order valence-electron chi connectivity index (χ0n) is 8.02. The molecule has 0 aliphatic heterocycles. The van der Waals surface area contributed by atoms with Crippen LogP contribution in [-0.4, -0.2) is 21.4 Å². The Morgan fingerprint density at radius 3 is 2.64 bits per heavy atom. The van der Waals surface area contributed by atoms with Gasteiger partial charge in [0.1, 0.15) is 11.0 Å². The third-order valence-electron chi connectivity index (χ3n) is 1.83. The van der Waals surface area contributed by atoms with E-state index in [-0.39, 0.29) is 5.75 Å². The number of aromatic hydroxyl groups is 1. The van der Waals surface area contributed by atoms with E-state index in [1.54, 1.807) is 32.0 Å². The van der Waals surface area contributed by atoms with Gasteiger partial charge in [0.2, 0.25) is 0 Å². The molecule has 3 nitrogen and oxygen atoms in total. The summed E-state index contributed by atoms with van der Waals surface area (Å²) in [5, 5.41) is 17.5. The molecule has 0 saturated carbocycles. The van der Waals surface area contributed by atoms with Crippen LogP contribution < -0.4 is 0 Å². The monoisotopic (exact) mass is 212 g/mol. The number of carbonyl (C=O) groups is 1. The van der Waals surface area contributed by atoms with E-state index in [4.69, 9.17) is 5.11 Å². The van der Waals surface area contributed by atoms with Gasteiger partial charge in [-0.15, -0.1) is 11.8 Å². The first-order valence-electron chi connectivity index (χ1n) is 4.20. The van der Waals surface area contributed by atoms with E-state index in [2.05, 4.69) is 0 Å². The van der Waals surface area contributed by atoms with Crippen molar-refractivity contribution in [1.29, 1.82) is 0 Å². The molecule has 0 spiro atoms. The Kier molecular flexibility index (Phi) is 3.41. The van der Waals surface area contributed by atoms with Crippen LogP contribution in [0.3, 0.4) is 0 Å². The lowest BCUT2D eigenvalue weighted by molar-refractivity contribution is -0.136. The predicted octanol–water partition coefficient (Wildman–Crippen LogP) is 2.27. The Bertz CT molecular complexity index is 349. The van der Waals surface area contributed by atoms with Gasteiger partial charge in [-0.1, -0.05) is 0 Å². The van der Waals surface area contributed by atoms with Gasteiger partial charge in [0, 0.05) is 4.90 Å². The Labute approximate surface area is 86.8 Å². The average Bonchev–Trinajstić information content (AvgIpc) is 2.11. The maximum atomic E-state index is 10.6. The Morgan fingerprint density at radius 2 is 2.14 bits per heavy atom. The summed E-state index contributed by atoms with van der Waals surface area (Å²) < 4.78 is 0. The molecule has 0 heterocycles. The summed E-state index contributed by atoms with van der Waals surface area (Å²) in [6.45, 7) is 3.42. The SMILES string of the molecule is Cc1cc(SC(C)C(=O)O)ccc1O. The van der Waals surface area contributed by atoms with Gasteiger partial charge < -0.3 is 10.2 Å². The first-order valence-corrected chi connectivity index (χ1v) is 5.07. The number of phenolic OH excluding ortho intramolecular Hbond substituents is 1.